The molecule has 1 atom stereocenters. The van der Waals surface area contributed by atoms with Crippen molar-refractivity contribution in [3.8, 4) is 5.75 Å². The van der Waals surface area contributed by atoms with Crippen LogP contribution >= 0.6 is 0 Å². The highest BCUT2D eigenvalue weighted by Gasteiger charge is 2.17. The second kappa shape index (κ2) is 7.12. The highest BCUT2D eigenvalue weighted by atomic mass is 16.7. The summed E-state index contributed by atoms with van der Waals surface area (Å²) in [5, 5.41) is 9.23. The molecule has 0 fully saturated rings. The van der Waals surface area contributed by atoms with Gasteiger partial charge in [0.05, 0.1) is 6.61 Å². The average Bonchev–Trinajstić information content (AvgIpc) is 2.34. The first kappa shape index (κ1) is 16.3. The monoisotopic (exact) mass is 282 g/mol. The van der Waals surface area contributed by atoms with Crippen LogP contribution in [-0.2, 0) is 9.57 Å². The first-order valence-corrected chi connectivity index (χ1v) is 6.41. The predicted octanol–water partition coefficient (Wildman–Crippen LogP) is 1.89. The van der Waals surface area contributed by atoms with Crippen LogP contribution in [0, 0.1) is 0 Å². The lowest BCUT2D eigenvalue weighted by atomic mass is 10.0. The summed E-state index contributed by atoms with van der Waals surface area (Å²) in [7, 11) is 0. The fourth-order valence-corrected chi connectivity index (χ4v) is 1.55. The Balaban J connectivity index is 2.42. The van der Waals surface area contributed by atoms with Crippen molar-refractivity contribution in [3.63, 3.8) is 0 Å². The van der Waals surface area contributed by atoms with Crippen LogP contribution in [0.5, 0.6) is 5.75 Å². The Labute approximate surface area is 118 Å². The van der Waals surface area contributed by atoms with E-state index in [0.29, 0.717) is 6.54 Å². The molecule has 20 heavy (non-hydrogen) atoms. The molecule has 6 nitrogen and oxygen atoms in total. The number of rotatable bonds is 5. The number of aromatic hydroxyl groups is 1. The third-order valence-electron chi connectivity index (χ3n) is 2.49. The van der Waals surface area contributed by atoms with Crippen LogP contribution in [0.3, 0.4) is 0 Å². The molecule has 0 aliphatic heterocycles. The SMILES string of the molecule is CC(C)(C)OC(=O)NOCC(CN)c1ccc(O)cc1. The summed E-state index contributed by atoms with van der Waals surface area (Å²) in [6.45, 7) is 5.89. The zero-order valence-corrected chi connectivity index (χ0v) is 12.1. The Morgan fingerprint density at radius 2 is 1.95 bits per heavy atom. The molecule has 112 valence electrons. The Morgan fingerprint density at radius 1 is 1.35 bits per heavy atom. The Bertz CT molecular complexity index is 426. The maximum absolute atomic E-state index is 11.4. The van der Waals surface area contributed by atoms with Gasteiger partial charge < -0.3 is 15.6 Å². The minimum atomic E-state index is -0.640. The molecule has 0 saturated carbocycles. The van der Waals surface area contributed by atoms with Gasteiger partial charge in [0.1, 0.15) is 11.4 Å². The topological polar surface area (TPSA) is 93.8 Å². The molecule has 0 aliphatic rings. The summed E-state index contributed by atoms with van der Waals surface area (Å²) in [6, 6.07) is 6.70. The zero-order chi connectivity index (χ0) is 15.2. The summed E-state index contributed by atoms with van der Waals surface area (Å²) in [4.78, 5) is 16.5. The number of phenolic OH excluding ortho intramolecular Hbond substituents is 1. The average molecular weight is 282 g/mol. The van der Waals surface area contributed by atoms with E-state index in [-0.39, 0.29) is 18.3 Å². The van der Waals surface area contributed by atoms with Gasteiger partial charge in [-0.25, -0.2) is 4.79 Å². The number of phenols is 1. The number of hydroxylamine groups is 1. The van der Waals surface area contributed by atoms with Crippen LogP contribution in [0.25, 0.3) is 0 Å². The van der Waals surface area contributed by atoms with Crippen LogP contribution in [0.15, 0.2) is 24.3 Å². The van der Waals surface area contributed by atoms with Crippen LogP contribution in [0.4, 0.5) is 4.79 Å². The van der Waals surface area contributed by atoms with Crippen molar-refractivity contribution in [3.05, 3.63) is 29.8 Å². The number of benzene rings is 1. The molecule has 0 aliphatic carbocycles. The molecule has 1 rings (SSSR count). The van der Waals surface area contributed by atoms with Crippen LogP contribution in [0.2, 0.25) is 0 Å². The first-order valence-electron chi connectivity index (χ1n) is 6.41. The van der Waals surface area contributed by atoms with Gasteiger partial charge in [0.25, 0.3) is 0 Å². The van der Waals surface area contributed by atoms with Gasteiger partial charge in [-0.2, -0.15) is 5.48 Å². The molecule has 0 aromatic heterocycles. The van der Waals surface area contributed by atoms with Crippen LogP contribution in [-0.4, -0.2) is 30.0 Å². The summed E-state index contributed by atoms with van der Waals surface area (Å²) in [5.41, 5.74) is 8.25. The molecule has 0 bridgehead atoms. The molecule has 0 saturated heterocycles. The fraction of sp³-hybridized carbons (Fsp3) is 0.500. The minimum Gasteiger partial charge on any atom is -0.508 e. The highest BCUT2D eigenvalue weighted by molar-refractivity contribution is 5.66. The summed E-state index contributed by atoms with van der Waals surface area (Å²) < 4.78 is 5.04. The van der Waals surface area contributed by atoms with E-state index in [4.69, 9.17) is 15.3 Å². The van der Waals surface area contributed by atoms with Crippen molar-refractivity contribution in [2.24, 2.45) is 5.73 Å². The summed E-state index contributed by atoms with van der Waals surface area (Å²) in [5.74, 6) is 0.114. The van der Waals surface area contributed by atoms with E-state index < -0.39 is 11.7 Å². The third kappa shape index (κ3) is 5.90. The van der Waals surface area contributed by atoms with Crippen molar-refractivity contribution in [2.75, 3.05) is 13.2 Å². The normalized spacial score (nSPS) is 12.8. The lowest BCUT2D eigenvalue weighted by molar-refractivity contribution is -0.0111. The van der Waals surface area contributed by atoms with Gasteiger partial charge in [-0.15, -0.1) is 0 Å². The molecule has 0 heterocycles. The minimum absolute atomic E-state index is 0.0782. The molecule has 0 radical (unpaired) electrons. The number of hydrogen-bond donors (Lipinski definition) is 3. The third-order valence-corrected chi connectivity index (χ3v) is 2.49. The number of amides is 1. The Morgan fingerprint density at radius 3 is 2.45 bits per heavy atom. The smallest absolute Gasteiger partial charge is 0.431 e. The molecular formula is C14H22N2O4. The van der Waals surface area contributed by atoms with Gasteiger partial charge in [-0.3, -0.25) is 4.84 Å². The van der Waals surface area contributed by atoms with Crippen molar-refractivity contribution in [1.29, 1.82) is 0 Å². The number of nitrogens with one attached hydrogen (secondary N) is 1. The van der Waals surface area contributed by atoms with Crippen molar-refractivity contribution in [2.45, 2.75) is 32.3 Å². The maximum atomic E-state index is 11.4. The molecule has 1 aromatic carbocycles. The molecule has 1 amide bonds. The standard InChI is InChI=1S/C14H22N2O4/c1-14(2,3)20-13(18)16-19-9-11(8-15)10-4-6-12(17)7-5-10/h4-7,11,17H,8-9,15H2,1-3H3,(H,16,18). The van der Waals surface area contributed by atoms with Crippen molar-refractivity contribution in [1.82, 2.24) is 5.48 Å². The van der Waals surface area contributed by atoms with E-state index >= 15 is 0 Å². The summed E-state index contributed by atoms with van der Waals surface area (Å²) >= 11 is 0. The van der Waals surface area contributed by atoms with E-state index in [2.05, 4.69) is 5.48 Å². The predicted molar refractivity (Wildman–Crippen MR) is 75.2 cm³/mol. The maximum Gasteiger partial charge on any atom is 0.431 e. The van der Waals surface area contributed by atoms with Gasteiger partial charge in [-0.1, -0.05) is 12.1 Å². The molecular weight excluding hydrogens is 260 g/mol. The van der Waals surface area contributed by atoms with Crippen molar-refractivity contribution < 1.29 is 19.5 Å². The molecule has 6 heteroatoms. The zero-order valence-electron chi connectivity index (χ0n) is 12.1. The summed E-state index contributed by atoms with van der Waals surface area (Å²) in [6.07, 6.45) is -0.640. The fourth-order valence-electron chi connectivity index (χ4n) is 1.55. The molecule has 1 aromatic rings. The van der Waals surface area contributed by atoms with Gasteiger partial charge in [0.2, 0.25) is 0 Å². The molecule has 0 spiro atoms. The second-order valence-corrected chi connectivity index (χ2v) is 5.44. The highest BCUT2D eigenvalue weighted by Crippen LogP contribution is 2.18. The largest absolute Gasteiger partial charge is 0.508 e. The number of nitrogens with two attached hydrogens (primary N) is 1. The van der Waals surface area contributed by atoms with E-state index in [9.17, 15) is 9.90 Å². The van der Waals surface area contributed by atoms with E-state index in [1.165, 1.54) is 0 Å². The van der Waals surface area contributed by atoms with Crippen molar-refractivity contribution >= 4 is 6.09 Å². The van der Waals surface area contributed by atoms with E-state index in [0.717, 1.165) is 5.56 Å². The Kier molecular flexibility index (Phi) is 5.79. The number of carbonyl (C=O) groups is 1. The van der Waals surface area contributed by atoms with Crippen LogP contribution < -0.4 is 11.2 Å². The quantitative estimate of drug-likeness (QED) is 0.717. The molecule has 1 unspecified atom stereocenters. The van der Waals surface area contributed by atoms with Gasteiger partial charge in [-0.05, 0) is 38.5 Å². The van der Waals surface area contributed by atoms with Crippen LogP contribution in [0.1, 0.15) is 32.3 Å². The number of hydrogen-bond acceptors (Lipinski definition) is 5. The van der Waals surface area contributed by atoms with E-state index in [1.54, 1.807) is 45.0 Å². The second-order valence-electron chi connectivity index (χ2n) is 5.44. The molecule has 4 N–H and O–H groups in total. The number of ether oxygens (including phenoxy) is 1. The lowest BCUT2D eigenvalue weighted by Gasteiger charge is -2.20. The van der Waals surface area contributed by atoms with Gasteiger partial charge >= 0.3 is 6.09 Å². The van der Waals surface area contributed by atoms with Gasteiger partial charge in [0.15, 0.2) is 0 Å². The number of carbonyl (C=O) groups excluding carboxylic acids is 1. The first-order chi connectivity index (χ1) is 9.31. The lowest BCUT2D eigenvalue weighted by Crippen LogP contribution is -2.34. The van der Waals surface area contributed by atoms with Gasteiger partial charge in [0, 0.05) is 12.5 Å². The van der Waals surface area contributed by atoms with E-state index in [1.807, 2.05) is 0 Å². The Hall–Kier alpha value is -1.79.